The van der Waals surface area contributed by atoms with Gasteiger partial charge in [-0.15, -0.1) is 0 Å². The van der Waals surface area contributed by atoms with Crippen LogP contribution in [0.2, 0.25) is 0 Å². The number of aromatic nitrogens is 4. The number of nitrogen functional groups attached to an aromatic ring is 1. The average molecular weight is 255 g/mol. The Bertz CT molecular complexity index is 761. The van der Waals surface area contributed by atoms with Gasteiger partial charge in [-0.05, 0) is 0 Å². The monoisotopic (exact) mass is 255 g/mol. The van der Waals surface area contributed by atoms with Gasteiger partial charge in [-0.1, -0.05) is 24.3 Å². The molecule has 0 amide bonds. The minimum atomic E-state index is -0.231. The van der Waals surface area contributed by atoms with Crippen LogP contribution < -0.4 is 11.4 Å². The van der Waals surface area contributed by atoms with Crippen LogP contribution in [-0.2, 0) is 7.05 Å². The van der Waals surface area contributed by atoms with E-state index >= 15 is 0 Å². The molecule has 6 nitrogen and oxygen atoms in total. The predicted octanol–water partition coefficient (Wildman–Crippen LogP) is 1.35. The lowest BCUT2D eigenvalue weighted by molar-refractivity contribution is 0.782. The fourth-order valence-electron chi connectivity index (χ4n) is 2.03. The van der Waals surface area contributed by atoms with Crippen molar-refractivity contribution in [1.29, 1.82) is 0 Å². The maximum absolute atomic E-state index is 11.2. The second-order valence-electron chi connectivity index (χ2n) is 4.28. The molecule has 3 aromatic rings. The normalized spacial score (nSPS) is 10.8. The molecule has 0 fully saturated rings. The first-order valence-electron chi connectivity index (χ1n) is 5.82. The highest BCUT2D eigenvalue weighted by molar-refractivity contribution is 5.80. The molecule has 0 aliphatic heterocycles. The minimum absolute atomic E-state index is 0.231. The summed E-state index contributed by atoms with van der Waals surface area (Å²) < 4.78 is 1.62. The SMILES string of the molecule is Cn1nc(-c2ccccc2-c2c[nH]c(=O)[nH]2)cc1N. The third-order valence-electron chi connectivity index (χ3n) is 3.00. The third kappa shape index (κ3) is 1.93. The molecule has 0 radical (unpaired) electrons. The molecule has 0 saturated carbocycles. The third-order valence-corrected chi connectivity index (χ3v) is 3.00. The number of anilines is 1. The van der Waals surface area contributed by atoms with Gasteiger partial charge in [-0.2, -0.15) is 5.10 Å². The number of aryl methyl sites for hydroxylation is 1. The highest BCUT2D eigenvalue weighted by Gasteiger charge is 2.11. The molecule has 0 aliphatic rings. The first-order chi connectivity index (χ1) is 9.15. The van der Waals surface area contributed by atoms with Gasteiger partial charge in [0, 0.05) is 30.4 Å². The van der Waals surface area contributed by atoms with Gasteiger partial charge >= 0.3 is 5.69 Å². The number of rotatable bonds is 2. The van der Waals surface area contributed by atoms with Crippen LogP contribution in [0, 0.1) is 0 Å². The van der Waals surface area contributed by atoms with E-state index in [4.69, 9.17) is 5.73 Å². The highest BCUT2D eigenvalue weighted by Crippen LogP contribution is 2.30. The van der Waals surface area contributed by atoms with Gasteiger partial charge < -0.3 is 15.7 Å². The summed E-state index contributed by atoms with van der Waals surface area (Å²) in [6, 6.07) is 9.52. The lowest BCUT2D eigenvalue weighted by Gasteiger charge is -2.04. The summed E-state index contributed by atoms with van der Waals surface area (Å²) >= 11 is 0. The number of H-pyrrole nitrogens is 2. The summed E-state index contributed by atoms with van der Waals surface area (Å²) in [5.74, 6) is 0.590. The molecule has 2 aromatic heterocycles. The van der Waals surface area contributed by atoms with E-state index in [0.717, 1.165) is 22.5 Å². The fraction of sp³-hybridized carbons (Fsp3) is 0.0769. The van der Waals surface area contributed by atoms with Crippen LogP contribution in [0.3, 0.4) is 0 Å². The Morgan fingerprint density at radius 1 is 1.26 bits per heavy atom. The quantitative estimate of drug-likeness (QED) is 0.645. The Morgan fingerprint density at radius 2 is 2.00 bits per heavy atom. The van der Waals surface area contributed by atoms with Gasteiger partial charge in [0.25, 0.3) is 0 Å². The zero-order chi connectivity index (χ0) is 13.4. The van der Waals surface area contributed by atoms with E-state index in [2.05, 4.69) is 15.1 Å². The maximum Gasteiger partial charge on any atom is 0.323 e. The second kappa shape index (κ2) is 4.16. The summed E-state index contributed by atoms with van der Waals surface area (Å²) in [5.41, 5.74) is 8.90. The summed E-state index contributed by atoms with van der Waals surface area (Å²) in [4.78, 5) is 16.6. The molecule has 3 rings (SSSR count). The van der Waals surface area contributed by atoms with Crippen LogP contribution in [0.4, 0.5) is 5.82 Å². The Kier molecular flexibility index (Phi) is 2.49. The highest BCUT2D eigenvalue weighted by atomic mass is 16.1. The molecule has 0 unspecified atom stereocenters. The number of nitrogens with one attached hydrogen (secondary N) is 2. The van der Waals surface area contributed by atoms with Crippen LogP contribution in [0.1, 0.15) is 0 Å². The summed E-state index contributed by atoms with van der Waals surface area (Å²) in [7, 11) is 1.79. The lowest BCUT2D eigenvalue weighted by atomic mass is 10.0. The smallest absolute Gasteiger partial charge is 0.323 e. The molecule has 0 aliphatic carbocycles. The van der Waals surface area contributed by atoms with Gasteiger partial charge in [0.1, 0.15) is 5.82 Å². The predicted molar refractivity (Wildman–Crippen MR) is 73.5 cm³/mol. The molecule has 96 valence electrons. The number of nitrogens with zero attached hydrogens (tertiary/aromatic N) is 2. The molecule has 0 atom stereocenters. The van der Waals surface area contributed by atoms with Crippen LogP contribution in [0.25, 0.3) is 22.5 Å². The molecular formula is C13H13N5O. The molecule has 0 spiro atoms. The van der Waals surface area contributed by atoms with Crippen LogP contribution in [-0.4, -0.2) is 19.7 Å². The number of hydrogen-bond acceptors (Lipinski definition) is 3. The van der Waals surface area contributed by atoms with Crippen LogP contribution in [0.15, 0.2) is 41.3 Å². The lowest BCUT2D eigenvalue weighted by Crippen LogP contribution is -2.00. The number of aromatic amines is 2. The van der Waals surface area contributed by atoms with Gasteiger partial charge in [-0.25, -0.2) is 4.79 Å². The van der Waals surface area contributed by atoms with Crippen molar-refractivity contribution < 1.29 is 0 Å². The topological polar surface area (TPSA) is 92.5 Å². The first-order valence-corrected chi connectivity index (χ1v) is 5.82. The Labute approximate surface area is 108 Å². The summed E-state index contributed by atoms with van der Waals surface area (Å²) in [6.07, 6.45) is 1.65. The van der Waals surface area contributed by atoms with E-state index in [1.807, 2.05) is 30.3 Å². The van der Waals surface area contributed by atoms with Crippen molar-refractivity contribution in [2.45, 2.75) is 0 Å². The van der Waals surface area contributed by atoms with Crippen molar-refractivity contribution >= 4 is 5.82 Å². The molecule has 19 heavy (non-hydrogen) atoms. The number of hydrogen-bond donors (Lipinski definition) is 3. The van der Waals surface area contributed by atoms with Crippen LogP contribution >= 0.6 is 0 Å². The second-order valence-corrected chi connectivity index (χ2v) is 4.28. The van der Waals surface area contributed by atoms with Gasteiger partial charge in [0.05, 0.1) is 11.4 Å². The molecule has 4 N–H and O–H groups in total. The van der Waals surface area contributed by atoms with Crippen molar-refractivity contribution in [1.82, 2.24) is 19.7 Å². The van der Waals surface area contributed by atoms with E-state index < -0.39 is 0 Å². The molecule has 1 aromatic carbocycles. The Hall–Kier alpha value is -2.76. The zero-order valence-corrected chi connectivity index (χ0v) is 10.3. The molecular weight excluding hydrogens is 242 g/mol. The van der Waals surface area contributed by atoms with Crippen molar-refractivity contribution in [2.75, 3.05) is 5.73 Å². The minimum Gasteiger partial charge on any atom is -0.384 e. The molecule has 2 heterocycles. The molecule has 0 bridgehead atoms. The van der Waals surface area contributed by atoms with Crippen molar-refractivity contribution in [3.05, 3.63) is 47.0 Å². The average Bonchev–Trinajstić information content (AvgIpc) is 2.97. The van der Waals surface area contributed by atoms with Crippen molar-refractivity contribution in [3.63, 3.8) is 0 Å². The number of nitrogens with two attached hydrogens (primary N) is 1. The largest absolute Gasteiger partial charge is 0.384 e. The van der Waals surface area contributed by atoms with E-state index in [0.29, 0.717) is 5.82 Å². The van der Waals surface area contributed by atoms with Gasteiger partial charge in [0.2, 0.25) is 0 Å². The van der Waals surface area contributed by atoms with Crippen molar-refractivity contribution in [2.24, 2.45) is 7.05 Å². The summed E-state index contributed by atoms with van der Waals surface area (Å²) in [5, 5.41) is 4.36. The zero-order valence-electron chi connectivity index (χ0n) is 10.3. The standard InChI is InChI=1S/C13H13N5O/c1-18-12(14)6-10(17-18)8-4-2-3-5-9(8)11-7-15-13(19)16-11/h2-7H,14H2,1H3,(H2,15,16,19). The maximum atomic E-state index is 11.2. The van der Waals surface area contributed by atoms with Crippen molar-refractivity contribution in [3.8, 4) is 22.5 Å². The van der Waals surface area contributed by atoms with Gasteiger partial charge in [0.15, 0.2) is 0 Å². The Morgan fingerprint density at radius 3 is 2.58 bits per heavy atom. The van der Waals surface area contributed by atoms with E-state index in [1.54, 1.807) is 17.9 Å². The Balaban J connectivity index is 2.19. The number of imidazole rings is 1. The van der Waals surface area contributed by atoms with Crippen LogP contribution in [0.5, 0.6) is 0 Å². The molecule has 6 heteroatoms. The molecule has 0 saturated heterocycles. The first kappa shape index (κ1) is 11.3. The van der Waals surface area contributed by atoms with Gasteiger partial charge in [-0.3, -0.25) is 4.68 Å². The summed E-state index contributed by atoms with van der Waals surface area (Å²) in [6.45, 7) is 0. The van der Waals surface area contributed by atoms with E-state index in [-0.39, 0.29) is 5.69 Å². The number of benzene rings is 1. The van der Waals surface area contributed by atoms with E-state index in [1.165, 1.54) is 0 Å². The fourth-order valence-corrected chi connectivity index (χ4v) is 2.03. The van der Waals surface area contributed by atoms with E-state index in [9.17, 15) is 4.79 Å².